The molecule has 3 nitrogen and oxygen atoms in total. The van der Waals surface area contributed by atoms with E-state index in [0.717, 1.165) is 36.5 Å². The van der Waals surface area contributed by atoms with Crippen LogP contribution in [0.4, 0.5) is 0 Å². The first-order chi connectivity index (χ1) is 9.02. The molecule has 1 aromatic carbocycles. The Balaban J connectivity index is 0.00000200. The van der Waals surface area contributed by atoms with Gasteiger partial charge in [-0.3, -0.25) is 4.79 Å². The number of amides is 1. The molecule has 2 N–H and O–H groups in total. The monoisotopic (exact) mass is 316 g/mol. The minimum absolute atomic E-state index is 0. The van der Waals surface area contributed by atoms with Crippen molar-refractivity contribution >= 4 is 29.9 Å². The summed E-state index contributed by atoms with van der Waals surface area (Å²) in [7, 11) is 0. The van der Waals surface area contributed by atoms with Gasteiger partial charge in [-0.2, -0.15) is 0 Å². The molecule has 0 radical (unpaired) electrons. The molecule has 2 rings (SSSR count). The lowest BCUT2D eigenvalue weighted by Crippen LogP contribution is -2.34. The topological polar surface area (TPSA) is 46.3 Å². The Bertz CT molecular complexity index is 450. The molecule has 1 aliphatic rings. The summed E-state index contributed by atoms with van der Waals surface area (Å²) in [6, 6.07) is 7.68. The summed E-state index contributed by atoms with van der Waals surface area (Å²) in [4.78, 5) is 14.1. The molecule has 5 heteroatoms. The number of hydrogen-bond acceptors (Lipinski definition) is 2. The number of nitrogens with two attached hydrogens (primary N) is 1. The van der Waals surface area contributed by atoms with Crippen molar-refractivity contribution in [2.45, 2.75) is 26.2 Å². The normalized spacial score (nSPS) is 21.6. The Kier molecular flexibility index (Phi) is 6.31. The number of likely N-dealkylation sites (tertiary alicyclic amines) is 1. The van der Waals surface area contributed by atoms with Crippen molar-refractivity contribution in [3.63, 3.8) is 0 Å². The zero-order valence-corrected chi connectivity index (χ0v) is 13.3. The first-order valence-corrected chi connectivity index (χ1v) is 7.12. The molecule has 0 bridgehead atoms. The van der Waals surface area contributed by atoms with Crippen molar-refractivity contribution in [2.24, 2.45) is 11.1 Å². The van der Waals surface area contributed by atoms with Crippen molar-refractivity contribution in [3.8, 4) is 0 Å². The van der Waals surface area contributed by atoms with E-state index in [2.05, 4.69) is 6.92 Å². The van der Waals surface area contributed by atoms with Gasteiger partial charge in [-0.05, 0) is 42.5 Å². The minimum Gasteiger partial charge on any atom is -0.342 e. The van der Waals surface area contributed by atoms with E-state index in [1.165, 1.54) is 0 Å². The summed E-state index contributed by atoms with van der Waals surface area (Å²) in [5, 5.41) is 0.730. The number of nitrogens with zero attached hydrogens (tertiary/aromatic N) is 1. The third kappa shape index (κ3) is 4.37. The highest BCUT2D eigenvalue weighted by atomic mass is 35.5. The van der Waals surface area contributed by atoms with Crippen molar-refractivity contribution in [1.82, 2.24) is 4.90 Å². The predicted octanol–water partition coefficient (Wildman–Crippen LogP) is 2.89. The third-order valence-corrected chi connectivity index (χ3v) is 4.20. The standard InChI is InChI=1S/C15H21ClN2O.ClH/c1-15(10-17)8-9-18(11-15)14(19)7-4-12-2-5-13(16)6-3-12;/h2-3,5-6H,4,7-11,17H2,1H3;1H. The van der Waals surface area contributed by atoms with Crippen LogP contribution in [0, 0.1) is 5.41 Å². The zero-order chi connectivity index (χ0) is 13.9. The molecule has 0 aromatic heterocycles. The van der Waals surface area contributed by atoms with E-state index in [9.17, 15) is 4.79 Å². The highest BCUT2D eigenvalue weighted by Gasteiger charge is 2.34. The van der Waals surface area contributed by atoms with Crippen molar-refractivity contribution in [1.29, 1.82) is 0 Å². The molecule has 112 valence electrons. The van der Waals surface area contributed by atoms with E-state index in [-0.39, 0.29) is 23.7 Å². The smallest absolute Gasteiger partial charge is 0.222 e. The van der Waals surface area contributed by atoms with E-state index in [1.54, 1.807) is 0 Å². The fraction of sp³-hybridized carbons (Fsp3) is 0.533. The van der Waals surface area contributed by atoms with Gasteiger partial charge < -0.3 is 10.6 Å². The molecule has 1 saturated heterocycles. The van der Waals surface area contributed by atoms with Gasteiger partial charge in [0.05, 0.1) is 0 Å². The highest BCUT2D eigenvalue weighted by molar-refractivity contribution is 6.30. The van der Waals surface area contributed by atoms with E-state index >= 15 is 0 Å². The molecular weight excluding hydrogens is 295 g/mol. The Morgan fingerprint density at radius 2 is 2.05 bits per heavy atom. The van der Waals surface area contributed by atoms with E-state index in [1.807, 2.05) is 29.2 Å². The van der Waals surface area contributed by atoms with Gasteiger partial charge in [-0.1, -0.05) is 30.7 Å². The van der Waals surface area contributed by atoms with Crippen LogP contribution in [-0.4, -0.2) is 30.4 Å². The van der Waals surface area contributed by atoms with Crippen LogP contribution in [0.25, 0.3) is 0 Å². The summed E-state index contributed by atoms with van der Waals surface area (Å²) in [6.07, 6.45) is 2.34. The van der Waals surface area contributed by atoms with Crippen LogP contribution >= 0.6 is 24.0 Å². The van der Waals surface area contributed by atoms with Crippen LogP contribution in [0.3, 0.4) is 0 Å². The van der Waals surface area contributed by atoms with Crippen LogP contribution in [0.15, 0.2) is 24.3 Å². The molecular formula is C15H22Cl2N2O. The summed E-state index contributed by atoms with van der Waals surface area (Å²) in [5.41, 5.74) is 7.02. The Morgan fingerprint density at radius 3 is 2.60 bits per heavy atom. The van der Waals surface area contributed by atoms with Crippen molar-refractivity contribution < 1.29 is 4.79 Å². The second kappa shape index (κ2) is 7.30. The lowest BCUT2D eigenvalue weighted by molar-refractivity contribution is -0.130. The number of halogens is 2. The maximum atomic E-state index is 12.1. The lowest BCUT2D eigenvalue weighted by Gasteiger charge is -2.22. The second-order valence-electron chi connectivity index (χ2n) is 5.71. The first kappa shape index (κ1) is 17.3. The lowest BCUT2D eigenvalue weighted by atomic mass is 9.90. The number of carbonyl (C=O) groups excluding carboxylic acids is 1. The van der Waals surface area contributed by atoms with Gasteiger partial charge in [0, 0.05) is 24.5 Å². The average molecular weight is 317 g/mol. The van der Waals surface area contributed by atoms with Crippen LogP contribution < -0.4 is 5.73 Å². The quantitative estimate of drug-likeness (QED) is 0.928. The third-order valence-electron chi connectivity index (χ3n) is 3.94. The van der Waals surface area contributed by atoms with Crippen LogP contribution in [0.1, 0.15) is 25.3 Å². The molecule has 1 aliphatic heterocycles. The SMILES string of the molecule is CC1(CN)CCN(C(=O)CCc2ccc(Cl)cc2)C1.Cl. The van der Waals surface area contributed by atoms with Crippen LogP contribution in [0.5, 0.6) is 0 Å². The summed E-state index contributed by atoms with van der Waals surface area (Å²) >= 11 is 5.84. The van der Waals surface area contributed by atoms with Crippen molar-refractivity contribution in [2.75, 3.05) is 19.6 Å². The van der Waals surface area contributed by atoms with Gasteiger partial charge >= 0.3 is 0 Å². The summed E-state index contributed by atoms with van der Waals surface area (Å²) in [5.74, 6) is 0.229. The molecule has 0 spiro atoms. The summed E-state index contributed by atoms with van der Waals surface area (Å²) in [6.45, 7) is 4.43. The molecule has 1 atom stereocenters. The molecule has 1 fully saturated rings. The fourth-order valence-corrected chi connectivity index (χ4v) is 2.59. The maximum absolute atomic E-state index is 12.1. The molecule has 1 aromatic rings. The molecule has 0 saturated carbocycles. The molecule has 1 unspecified atom stereocenters. The second-order valence-corrected chi connectivity index (χ2v) is 6.14. The maximum Gasteiger partial charge on any atom is 0.222 e. The van der Waals surface area contributed by atoms with Crippen molar-refractivity contribution in [3.05, 3.63) is 34.9 Å². The van der Waals surface area contributed by atoms with Gasteiger partial charge in [0.1, 0.15) is 0 Å². The zero-order valence-electron chi connectivity index (χ0n) is 11.8. The van der Waals surface area contributed by atoms with Gasteiger partial charge in [0.25, 0.3) is 0 Å². The number of rotatable bonds is 4. The van der Waals surface area contributed by atoms with Gasteiger partial charge in [0.2, 0.25) is 5.91 Å². The summed E-state index contributed by atoms with van der Waals surface area (Å²) < 4.78 is 0. The minimum atomic E-state index is 0. The van der Waals surface area contributed by atoms with Crippen LogP contribution in [0.2, 0.25) is 5.02 Å². The number of carbonyl (C=O) groups is 1. The van der Waals surface area contributed by atoms with Crippen LogP contribution in [-0.2, 0) is 11.2 Å². The number of aryl methyl sites for hydroxylation is 1. The van der Waals surface area contributed by atoms with Gasteiger partial charge in [-0.15, -0.1) is 12.4 Å². The Labute approximate surface area is 131 Å². The van der Waals surface area contributed by atoms with E-state index in [4.69, 9.17) is 17.3 Å². The van der Waals surface area contributed by atoms with E-state index < -0.39 is 0 Å². The van der Waals surface area contributed by atoms with Gasteiger partial charge in [-0.25, -0.2) is 0 Å². The Hall–Kier alpha value is -0.770. The predicted molar refractivity (Wildman–Crippen MR) is 85.4 cm³/mol. The number of hydrogen-bond donors (Lipinski definition) is 1. The molecule has 0 aliphatic carbocycles. The molecule has 1 heterocycles. The highest BCUT2D eigenvalue weighted by Crippen LogP contribution is 2.28. The average Bonchev–Trinajstić information content (AvgIpc) is 2.81. The number of benzene rings is 1. The first-order valence-electron chi connectivity index (χ1n) is 6.75. The fourth-order valence-electron chi connectivity index (χ4n) is 2.46. The van der Waals surface area contributed by atoms with E-state index in [0.29, 0.717) is 13.0 Å². The van der Waals surface area contributed by atoms with Gasteiger partial charge in [0.15, 0.2) is 0 Å². The molecule has 1 amide bonds. The largest absolute Gasteiger partial charge is 0.342 e. The Morgan fingerprint density at radius 1 is 1.40 bits per heavy atom. The molecule has 20 heavy (non-hydrogen) atoms.